The Bertz CT molecular complexity index is 768. The molecule has 0 fully saturated rings. The SMILES string of the molecule is CCNc1ncc(CN2CCc3nc(C)n(C)c(=O)c3CC2)cn1. The first-order chi connectivity index (χ1) is 11.6. The molecular weight excluding hydrogens is 304 g/mol. The summed E-state index contributed by atoms with van der Waals surface area (Å²) in [5.74, 6) is 1.44. The number of aromatic nitrogens is 4. The molecule has 0 amide bonds. The Morgan fingerprint density at radius 1 is 1.21 bits per heavy atom. The second-order valence-electron chi connectivity index (χ2n) is 6.17. The van der Waals surface area contributed by atoms with Crippen molar-refractivity contribution in [3.8, 4) is 0 Å². The molecule has 24 heavy (non-hydrogen) atoms. The van der Waals surface area contributed by atoms with Crippen molar-refractivity contribution in [1.29, 1.82) is 0 Å². The monoisotopic (exact) mass is 328 g/mol. The molecule has 1 N–H and O–H groups in total. The van der Waals surface area contributed by atoms with Crippen molar-refractivity contribution in [3.63, 3.8) is 0 Å². The zero-order chi connectivity index (χ0) is 17.1. The number of nitrogens with zero attached hydrogens (tertiary/aromatic N) is 5. The van der Waals surface area contributed by atoms with Crippen molar-refractivity contribution in [2.45, 2.75) is 33.2 Å². The van der Waals surface area contributed by atoms with E-state index >= 15 is 0 Å². The van der Waals surface area contributed by atoms with Crippen molar-refractivity contribution in [2.75, 3.05) is 25.0 Å². The Morgan fingerprint density at radius 2 is 1.92 bits per heavy atom. The third-order valence-corrected chi connectivity index (χ3v) is 4.48. The van der Waals surface area contributed by atoms with Crippen molar-refractivity contribution < 1.29 is 0 Å². The zero-order valence-corrected chi connectivity index (χ0v) is 14.5. The summed E-state index contributed by atoms with van der Waals surface area (Å²) in [6.45, 7) is 7.24. The highest BCUT2D eigenvalue weighted by Crippen LogP contribution is 2.13. The molecule has 0 saturated heterocycles. The summed E-state index contributed by atoms with van der Waals surface area (Å²) in [7, 11) is 1.79. The standard InChI is InChI=1S/C17H24N6O/c1-4-18-17-19-9-13(10-20-17)11-23-7-5-14-15(6-8-23)21-12(2)22(3)16(14)24/h9-10H,4-8,11H2,1-3H3,(H,18,19,20). The van der Waals surface area contributed by atoms with E-state index in [-0.39, 0.29) is 5.56 Å². The minimum absolute atomic E-state index is 0.0951. The topological polar surface area (TPSA) is 75.9 Å². The van der Waals surface area contributed by atoms with Crippen LogP contribution < -0.4 is 10.9 Å². The minimum atomic E-state index is 0.0951. The molecule has 7 heteroatoms. The van der Waals surface area contributed by atoms with Gasteiger partial charge in [-0.25, -0.2) is 15.0 Å². The van der Waals surface area contributed by atoms with Gasteiger partial charge in [-0.05, 0) is 20.3 Å². The van der Waals surface area contributed by atoms with E-state index in [4.69, 9.17) is 0 Å². The molecule has 1 aliphatic heterocycles. The van der Waals surface area contributed by atoms with Gasteiger partial charge in [0.15, 0.2) is 0 Å². The Hall–Kier alpha value is -2.28. The predicted molar refractivity (Wildman–Crippen MR) is 93.1 cm³/mol. The molecule has 1 aliphatic rings. The molecule has 0 unspecified atom stereocenters. The van der Waals surface area contributed by atoms with Crippen LogP contribution in [-0.2, 0) is 26.4 Å². The molecule has 0 atom stereocenters. The summed E-state index contributed by atoms with van der Waals surface area (Å²) in [5, 5.41) is 3.10. The summed E-state index contributed by atoms with van der Waals surface area (Å²) >= 11 is 0. The quantitative estimate of drug-likeness (QED) is 0.899. The number of aryl methyl sites for hydroxylation is 1. The average Bonchev–Trinajstić information content (AvgIpc) is 2.78. The van der Waals surface area contributed by atoms with Gasteiger partial charge >= 0.3 is 0 Å². The molecule has 7 nitrogen and oxygen atoms in total. The number of nitrogens with one attached hydrogen (secondary N) is 1. The fourth-order valence-corrected chi connectivity index (χ4v) is 3.02. The highest BCUT2D eigenvalue weighted by Gasteiger charge is 2.19. The van der Waals surface area contributed by atoms with E-state index in [9.17, 15) is 4.79 Å². The maximum absolute atomic E-state index is 12.4. The first-order valence-corrected chi connectivity index (χ1v) is 8.41. The molecule has 0 aromatic carbocycles. The fourth-order valence-electron chi connectivity index (χ4n) is 3.02. The van der Waals surface area contributed by atoms with Gasteiger partial charge in [0.05, 0.1) is 5.69 Å². The van der Waals surface area contributed by atoms with Crippen molar-refractivity contribution in [1.82, 2.24) is 24.4 Å². The predicted octanol–water partition coefficient (Wildman–Crippen LogP) is 0.911. The molecule has 0 aliphatic carbocycles. The van der Waals surface area contributed by atoms with Gasteiger partial charge in [0.25, 0.3) is 5.56 Å². The van der Waals surface area contributed by atoms with E-state index in [0.29, 0.717) is 5.95 Å². The van der Waals surface area contributed by atoms with Gasteiger partial charge in [-0.2, -0.15) is 0 Å². The Morgan fingerprint density at radius 3 is 2.62 bits per heavy atom. The van der Waals surface area contributed by atoms with Gasteiger partial charge < -0.3 is 5.32 Å². The van der Waals surface area contributed by atoms with Gasteiger partial charge in [0.1, 0.15) is 5.82 Å². The van der Waals surface area contributed by atoms with Crippen LogP contribution >= 0.6 is 0 Å². The van der Waals surface area contributed by atoms with Crippen LogP contribution in [0, 0.1) is 6.92 Å². The largest absolute Gasteiger partial charge is 0.355 e. The van der Waals surface area contributed by atoms with Crippen molar-refractivity contribution in [3.05, 3.63) is 45.4 Å². The smallest absolute Gasteiger partial charge is 0.256 e. The summed E-state index contributed by atoms with van der Waals surface area (Å²) in [6, 6.07) is 0. The van der Waals surface area contributed by atoms with E-state index in [1.54, 1.807) is 11.6 Å². The summed E-state index contributed by atoms with van der Waals surface area (Å²) in [5.41, 5.74) is 3.00. The second-order valence-corrected chi connectivity index (χ2v) is 6.17. The summed E-state index contributed by atoms with van der Waals surface area (Å²) in [4.78, 5) is 28.0. The van der Waals surface area contributed by atoms with Crippen LogP contribution in [0.5, 0.6) is 0 Å². The molecule has 0 spiro atoms. The van der Waals surface area contributed by atoms with Gasteiger partial charge in [0, 0.05) is 63.2 Å². The van der Waals surface area contributed by atoms with Crippen molar-refractivity contribution in [2.24, 2.45) is 7.05 Å². The molecule has 0 radical (unpaired) electrons. The number of hydrogen-bond acceptors (Lipinski definition) is 6. The molecular formula is C17H24N6O. The molecule has 3 rings (SSSR count). The number of anilines is 1. The van der Waals surface area contributed by atoms with E-state index in [2.05, 4.69) is 25.2 Å². The lowest BCUT2D eigenvalue weighted by Gasteiger charge is -2.19. The zero-order valence-electron chi connectivity index (χ0n) is 14.5. The number of fused-ring (bicyclic) bond motifs is 1. The van der Waals surface area contributed by atoms with E-state index < -0.39 is 0 Å². The van der Waals surface area contributed by atoms with Gasteiger partial charge in [0.2, 0.25) is 5.95 Å². The molecule has 3 heterocycles. The lowest BCUT2D eigenvalue weighted by Crippen LogP contribution is -2.28. The van der Waals surface area contributed by atoms with Gasteiger partial charge in [-0.3, -0.25) is 14.3 Å². The maximum atomic E-state index is 12.4. The Kier molecular flexibility index (Phi) is 4.89. The van der Waals surface area contributed by atoms with Crippen LogP contribution in [-0.4, -0.2) is 44.1 Å². The molecule has 0 saturated carbocycles. The van der Waals surface area contributed by atoms with E-state index in [0.717, 1.165) is 61.7 Å². The fraction of sp³-hybridized carbons (Fsp3) is 0.529. The first kappa shape index (κ1) is 16.6. The number of hydrogen-bond donors (Lipinski definition) is 1. The summed E-state index contributed by atoms with van der Waals surface area (Å²) in [6.07, 6.45) is 5.28. The highest BCUT2D eigenvalue weighted by molar-refractivity contribution is 5.24. The van der Waals surface area contributed by atoms with Crippen LogP contribution in [0.1, 0.15) is 29.6 Å². The van der Waals surface area contributed by atoms with Crippen LogP contribution in [0.2, 0.25) is 0 Å². The van der Waals surface area contributed by atoms with Gasteiger partial charge in [-0.15, -0.1) is 0 Å². The third-order valence-electron chi connectivity index (χ3n) is 4.48. The van der Waals surface area contributed by atoms with E-state index in [1.807, 2.05) is 26.2 Å². The van der Waals surface area contributed by atoms with Crippen LogP contribution in [0.15, 0.2) is 17.2 Å². The molecule has 2 aromatic heterocycles. The summed E-state index contributed by atoms with van der Waals surface area (Å²) < 4.78 is 1.64. The normalized spacial score (nSPS) is 15.0. The first-order valence-electron chi connectivity index (χ1n) is 8.41. The average molecular weight is 328 g/mol. The molecule has 2 aromatic rings. The molecule has 128 valence electrons. The minimum Gasteiger partial charge on any atom is -0.355 e. The van der Waals surface area contributed by atoms with E-state index in [1.165, 1.54) is 0 Å². The lowest BCUT2D eigenvalue weighted by atomic mass is 10.1. The molecule has 0 bridgehead atoms. The van der Waals surface area contributed by atoms with Gasteiger partial charge in [-0.1, -0.05) is 0 Å². The van der Waals surface area contributed by atoms with Crippen LogP contribution in [0.4, 0.5) is 5.95 Å². The number of rotatable bonds is 4. The van der Waals surface area contributed by atoms with Crippen LogP contribution in [0.25, 0.3) is 0 Å². The highest BCUT2D eigenvalue weighted by atomic mass is 16.1. The van der Waals surface area contributed by atoms with Crippen molar-refractivity contribution >= 4 is 5.95 Å². The Balaban J connectivity index is 1.70. The second kappa shape index (κ2) is 7.09. The van der Waals surface area contributed by atoms with Crippen LogP contribution in [0.3, 0.4) is 0 Å². The lowest BCUT2D eigenvalue weighted by molar-refractivity contribution is 0.278. The third kappa shape index (κ3) is 3.46. The Labute approximate surface area is 141 Å². The maximum Gasteiger partial charge on any atom is 0.256 e.